The number of benzene rings is 1. The number of halogens is 1. The van der Waals surface area contributed by atoms with E-state index in [1.165, 1.54) is 17.8 Å². The van der Waals surface area contributed by atoms with E-state index in [0.717, 1.165) is 5.69 Å². The minimum Gasteiger partial charge on any atom is -0.389 e. The molecule has 0 bridgehead atoms. The molecular weight excluding hydrogens is 251 g/mol. The summed E-state index contributed by atoms with van der Waals surface area (Å²) in [5.41, 5.74) is 1.13. The van der Waals surface area contributed by atoms with Gasteiger partial charge in [-0.1, -0.05) is 6.07 Å². The molecule has 1 aromatic carbocycles. The summed E-state index contributed by atoms with van der Waals surface area (Å²) in [6.45, 7) is 3.41. The summed E-state index contributed by atoms with van der Waals surface area (Å²) in [4.78, 5) is 8.99. The molecule has 1 heterocycles. The van der Waals surface area contributed by atoms with Gasteiger partial charge in [-0.25, -0.2) is 14.4 Å². The van der Waals surface area contributed by atoms with Gasteiger partial charge in [-0.15, -0.1) is 0 Å². The van der Waals surface area contributed by atoms with Crippen LogP contribution in [0.5, 0.6) is 0 Å². The molecule has 0 spiro atoms. The molecule has 1 atom stereocenters. The number of aryl methyl sites for hydroxylation is 1. The molecule has 2 aromatic rings. The Bertz CT molecular complexity index is 560. The fourth-order valence-corrected chi connectivity index (χ4v) is 2.61. The fourth-order valence-electron chi connectivity index (χ4n) is 1.59. The highest BCUT2D eigenvalue weighted by Crippen LogP contribution is 2.32. The molecule has 0 saturated carbocycles. The van der Waals surface area contributed by atoms with Crippen LogP contribution in [0.4, 0.5) is 4.39 Å². The van der Waals surface area contributed by atoms with Crippen LogP contribution in [-0.4, -0.2) is 15.1 Å². The van der Waals surface area contributed by atoms with Crippen LogP contribution in [-0.2, 0) is 0 Å². The van der Waals surface area contributed by atoms with Gasteiger partial charge >= 0.3 is 0 Å². The van der Waals surface area contributed by atoms with Crippen LogP contribution in [0.3, 0.4) is 0 Å². The molecule has 0 unspecified atom stereocenters. The van der Waals surface area contributed by atoms with Crippen molar-refractivity contribution >= 4 is 11.8 Å². The lowest BCUT2D eigenvalue weighted by atomic mass is 10.1. The van der Waals surface area contributed by atoms with Crippen LogP contribution in [0, 0.1) is 12.7 Å². The van der Waals surface area contributed by atoms with Crippen molar-refractivity contribution in [3.63, 3.8) is 0 Å². The number of hydrogen-bond acceptors (Lipinski definition) is 4. The van der Waals surface area contributed by atoms with Gasteiger partial charge in [0.25, 0.3) is 0 Å². The van der Waals surface area contributed by atoms with E-state index < -0.39 is 11.9 Å². The second kappa shape index (κ2) is 5.46. The smallest absolute Gasteiger partial charge is 0.192 e. The van der Waals surface area contributed by atoms with Crippen LogP contribution < -0.4 is 0 Å². The minimum absolute atomic E-state index is 0.285. The molecule has 0 saturated heterocycles. The van der Waals surface area contributed by atoms with Crippen molar-refractivity contribution < 1.29 is 9.50 Å². The average molecular weight is 264 g/mol. The van der Waals surface area contributed by atoms with Gasteiger partial charge in [0.05, 0.1) is 6.10 Å². The number of aliphatic hydroxyl groups excluding tert-OH is 1. The number of rotatable bonds is 3. The Morgan fingerprint density at radius 1 is 1.33 bits per heavy atom. The molecule has 18 heavy (non-hydrogen) atoms. The summed E-state index contributed by atoms with van der Waals surface area (Å²) in [5, 5.41) is 10.2. The van der Waals surface area contributed by atoms with Crippen molar-refractivity contribution in [2.24, 2.45) is 0 Å². The molecule has 0 aliphatic heterocycles. The van der Waals surface area contributed by atoms with E-state index in [9.17, 15) is 9.50 Å². The van der Waals surface area contributed by atoms with E-state index in [2.05, 4.69) is 9.97 Å². The summed E-state index contributed by atoms with van der Waals surface area (Å²) < 4.78 is 13.7. The van der Waals surface area contributed by atoms with E-state index in [-0.39, 0.29) is 5.56 Å². The lowest BCUT2D eigenvalue weighted by Crippen LogP contribution is -1.99. The van der Waals surface area contributed by atoms with Crippen molar-refractivity contribution in [1.82, 2.24) is 9.97 Å². The number of nitrogens with zero attached hydrogens (tertiary/aromatic N) is 2. The molecule has 1 N–H and O–H groups in total. The molecule has 1 aromatic heterocycles. The number of hydrogen-bond donors (Lipinski definition) is 1. The maximum absolute atomic E-state index is 13.7. The Labute approximate surface area is 109 Å². The van der Waals surface area contributed by atoms with Crippen LogP contribution >= 0.6 is 11.8 Å². The molecule has 2 rings (SSSR count). The molecule has 0 aliphatic rings. The first-order valence-electron chi connectivity index (χ1n) is 5.52. The molecule has 94 valence electrons. The Hall–Kier alpha value is -1.46. The topological polar surface area (TPSA) is 46.0 Å². The molecule has 0 amide bonds. The van der Waals surface area contributed by atoms with Gasteiger partial charge in [0.15, 0.2) is 5.16 Å². The van der Waals surface area contributed by atoms with Crippen molar-refractivity contribution in [1.29, 1.82) is 0 Å². The zero-order chi connectivity index (χ0) is 13.1. The summed E-state index contributed by atoms with van der Waals surface area (Å²) in [6.07, 6.45) is 0.796. The van der Waals surface area contributed by atoms with Gasteiger partial charge in [0.2, 0.25) is 0 Å². The minimum atomic E-state index is -0.862. The predicted molar refractivity (Wildman–Crippen MR) is 67.9 cm³/mol. The highest BCUT2D eigenvalue weighted by molar-refractivity contribution is 7.99. The quantitative estimate of drug-likeness (QED) is 0.865. The van der Waals surface area contributed by atoms with E-state index in [0.29, 0.717) is 10.1 Å². The number of aromatic nitrogens is 2. The SMILES string of the molecule is Cc1ccnc(Sc2cccc(F)c2[C@H](C)O)n1. The maximum atomic E-state index is 13.7. The first-order chi connectivity index (χ1) is 8.58. The normalized spacial score (nSPS) is 12.4. The van der Waals surface area contributed by atoms with Crippen molar-refractivity contribution in [3.8, 4) is 0 Å². The Balaban J connectivity index is 2.37. The van der Waals surface area contributed by atoms with Gasteiger partial charge in [-0.05, 0) is 43.8 Å². The lowest BCUT2D eigenvalue weighted by Gasteiger charge is -2.11. The van der Waals surface area contributed by atoms with Gasteiger partial charge in [0, 0.05) is 22.3 Å². The van der Waals surface area contributed by atoms with E-state index in [1.54, 1.807) is 31.3 Å². The van der Waals surface area contributed by atoms with E-state index >= 15 is 0 Å². The third-order valence-electron chi connectivity index (χ3n) is 2.40. The van der Waals surface area contributed by atoms with Crippen LogP contribution in [0.25, 0.3) is 0 Å². The Kier molecular flexibility index (Phi) is 3.93. The van der Waals surface area contributed by atoms with Crippen LogP contribution in [0.1, 0.15) is 24.3 Å². The highest BCUT2D eigenvalue weighted by Gasteiger charge is 2.15. The molecular formula is C13H13FN2OS. The Morgan fingerprint density at radius 2 is 2.11 bits per heavy atom. The van der Waals surface area contributed by atoms with E-state index in [1.807, 2.05) is 6.92 Å². The van der Waals surface area contributed by atoms with Crippen molar-refractivity contribution in [2.45, 2.75) is 30.0 Å². The zero-order valence-electron chi connectivity index (χ0n) is 10.1. The standard InChI is InChI=1S/C13H13FN2OS/c1-8-6-7-15-13(16-8)18-11-5-3-4-10(14)12(11)9(2)17/h3-7,9,17H,1-2H3/t9-/m0/s1. The average Bonchev–Trinajstić information content (AvgIpc) is 2.28. The van der Waals surface area contributed by atoms with Crippen molar-refractivity contribution in [3.05, 3.63) is 47.5 Å². The second-order valence-corrected chi connectivity index (χ2v) is 4.92. The second-order valence-electron chi connectivity index (χ2n) is 3.91. The lowest BCUT2D eigenvalue weighted by molar-refractivity contribution is 0.191. The van der Waals surface area contributed by atoms with E-state index in [4.69, 9.17) is 0 Å². The first kappa shape index (κ1) is 13.0. The van der Waals surface area contributed by atoms with Gasteiger partial charge in [-0.3, -0.25) is 0 Å². The maximum Gasteiger partial charge on any atom is 0.192 e. The molecule has 0 fully saturated rings. The highest BCUT2D eigenvalue weighted by atomic mass is 32.2. The summed E-state index contributed by atoms with van der Waals surface area (Å²) >= 11 is 1.25. The molecule has 0 radical (unpaired) electrons. The third kappa shape index (κ3) is 2.86. The summed E-state index contributed by atoms with van der Waals surface area (Å²) in [7, 11) is 0. The Morgan fingerprint density at radius 3 is 2.78 bits per heavy atom. The van der Waals surface area contributed by atoms with Crippen molar-refractivity contribution in [2.75, 3.05) is 0 Å². The monoisotopic (exact) mass is 264 g/mol. The summed E-state index contributed by atoms with van der Waals surface area (Å²) in [5.74, 6) is -0.414. The summed E-state index contributed by atoms with van der Waals surface area (Å²) in [6, 6.07) is 6.50. The van der Waals surface area contributed by atoms with Gasteiger partial charge in [0.1, 0.15) is 5.82 Å². The molecule has 3 nitrogen and oxygen atoms in total. The third-order valence-corrected chi connectivity index (χ3v) is 3.36. The first-order valence-corrected chi connectivity index (χ1v) is 6.33. The van der Waals surface area contributed by atoms with Gasteiger partial charge < -0.3 is 5.11 Å². The van der Waals surface area contributed by atoms with Crippen LogP contribution in [0.2, 0.25) is 0 Å². The molecule has 0 aliphatic carbocycles. The zero-order valence-corrected chi connectivity index (χ0v) is 10.9. The van der Waals surface area contributed by atoms with Crippen LogP contribution in [0.15, 0.2) is 40.5 Å². The molecule has 5 heteroatoms. The number of aliphatic hydroxyl groups is 1. The fraction of sp³-hybridized carbons (Fsp3) is 0.231. The van der Waals surface area contributed by atoms with Gasteiger partial charge in [-0.2, -0.15) is 0 Å². The largest absolute Gasteiger partial charge is 0.389 e. The predicted octanol–water partition coefficient (Wildman–Crippen LogP) is 3.13.